The number of anilines is 2. The van der Waals surface area contributed by atoms with Crippen molar-refractivity contribution in [2.45, 2.75) is 63.6 Å². The summed E-state index contributed by atoms with van der Waals surface area (Å²) in [5.41, 5.74) is 5.72. The van der Waals surface area contributed by atoms with E-state index in [-0.39, 0.29) is 19.0 Å². The van der Waals surface area contributed by atoms with Gasteiger partial charge >= 0.3 is 10.2 Å². The fourth-order valence-electron chi connectivity index (χ4n) is 5.65. The van der Waals surface area contributed by atoms with Crippen molar-refractivity contribution >= 4 is 27.6 Å². The molecule has 1 fully saturated rings. The standard InChI is InChI=1S/C24H33FN6O3S/c1-29-10-9-18(25)12-19(29)15-31(20-13-26-30(2)14-20)35(33,34)28-24(32)27-23-21-7-3-5-16(21)11-17-6-4-8-22(17)23/h11,13-14,18-19H,3-10,12,15H2,1-2H3,(H2,27,28,32)/p-1. The molecule has 3 aliphatic rings. The Hall–Kier alpha value is -2.66. The second-order valence-corrected chi connectivity index (χ2v) is 11.4. The van der Waals surface area contributed by atoms with E-state index in [2.05, 4.69) is 20.9 Å². The van der Waals surface area contributed by atoms with Crippen molar-refractivity contribution in [3.63, 3.8) is 0 Å². The molecule has 1 saturated heterocycles. The summed E-state index contributed by atoms with van der Waals surface area (Å²) in [5, 5.41) is 19.9. The zero-order valence-electron chi connectivity index (χ0n) is 20.2. The van der Waals surface area contributed by atoms with Crippen molar-refractivity contribution in [1.29, 1.82) is 0 Å². The number of piperidine rings is 1. The Balaban J connectivity index is 1.45. The smallest absolute Gasteiger partial charge is 0.345 e. The highest BCUT2D eigenvalue weighted by atomic mass is 32.2. The molecular formula is C24H32FN6O3S-. The number of halogens is 1. The van der Waals surface area contributed by atoms with E-state index >= 15 is 0 Å². The van der Waals surface area contributed by atoms with Crippen LogP contribution < -0.4 is 14.7 Å². The van der Waals surface area contributed by atoms with Gasteiger partial charge in [-0.25, -0.2) is 8.70 Å². The molecule has 9 nitrogen and oxygen atoms in total. The Morgan fingerprint density at radius 2 is 1.91 bits per heavy atom. The maximum absolute atomic E-state index is 14.1. The van der Waals surface area contributed by atoms with Gasteiger partial charge in [-0.3, -0.25) is 4.68 Å². The van der Waals surface area contributed by atoms with E-state index in [4.69, 9.17) is 0 Å². The van der Waals surface area contributed by atoms with E-state index in [1.807, 2.05) is 11.9 Å². The summed E-state index contributed by atoms with van der Waals surface area (Å²) in [7, 11) is -0.874. The number of hydrogen-bond acceptors (Lipinski definition) is 5. The largest absolute Gasteiger partial charge is 0.845 e. The number of benzene rings is 1. The molecule has 2 atom stereocenters. The first kappa shape index (κ1) is 24.1. The molecule has 2 heterocycles. The first-order chi connectivity index (χ1) is 16.7. The lowest BCUT2D eigenvalue weighted by Crippen LogP contribution is -2.49. The van der Waals surface area contributed by atoms with E-state index in [0.29, 0.717) is 18.7 Å². The highest BCUT2D eigenvalue weighted by Gasteiger charge is 2.32. The van der Waals surface area contributed by atoms with Gasteiger partial charge in [0.15, 0.2) is 0 Å². The monoisotopic (exact) mass is 503 g/mol. The zero-order chi connectivity index (χ0) is 24.7. The molecule has 0 amide bonds. The third kappa shape index (κ3) is 4.88. The molecule has 5 rings (SSSR count). The van der Waals surface area contributed by atoms with Crippen LogP contribution in [0.2, 0.25) is 0 Å². The molecule has 11 heteroatoms. The topological polar surface area (TPSA) is 106 Å². The van der Waals surface area contributed by atoms with Crippen molar-refractivity contribution in [3.8, 4) is 0 Å². The number of aromatic nitrogens is 2. The third-order valence-electron chi connectivity index (χ3n) is 7.48. The number of rotatable bonds is 6. The summed E-state index contributed by atoms with van der Waals surface area (Å²) in [4.78, 5) is 1.95. The predicted octanol–water partition coefficient (Wildman–Crippen LogP) is 1.71. The third-order valence-corrected chi connectivity index (χ3v) is 8.80. The first-order valence-corrected chi connectivity index (χ1v) is 13.7. The molecule has 2 aromatic rings. The van der Waals surface area contributed by atoms with E-state index in [1.165, 1.54) is 22.0 Å². The van der Waals surface area contributed by atoms with E-state index < -0.39 is 22.4 Å². The minimum atomic E-state index is -4.41. The summed E-state index contributed by atoms with van der Waals surface area (Å²) in [6.45, 7) is 0.520. The maximum atomic E-state index is 14.1. The molecule has 0 radical (unpaired) electrons. The van der Waals surface area contributed by atoms with Crippen LogP contribution in [0, 0.1) is 0 Å². The Labute approximate surface area is 205 Å². The summed E-state index contributed by atoms with van der Waals surface area (Å²) < 4.78 is 47.2. The van der Waals surface area contributed by atoms with Gasteiger partial charge in [0.05, 0.1) is 24.5 Å². The number of aryl methyl sites for hydroxylation is 3. The molecule has 190 valence electrons. The lowest BCUT2D eigenvalue weighted by molar-refractivity contribution is -0.213. The summed E-state index contributed by atoms with van der Waals surface area (Å²) in [5.74, 6) is 0. The Morgan fingerprint density at radius 3 is 2.54 bits per heavy atom. The minimum Gasteiger partial charge on any atom is -0.845 e. The van der Waals surface area contributed by atoms with Gasteiger partial charge in [-0.15, -0.1) is 4.40 Å². The van der Waals surface area contributed by atoms with Crippen LogP contribution in [-0.2, 0) is 42.9 Å². The van der Waals surface area contributed by atoms with Crippen molar-refractivity contribution < 1.29 is 17.9 Å². The summed E-state index contributed by atoms with van der Waals surface area (Å²) in [6.07, 6.45) is 8.34. The normalized spacial score (nSPS) is 22.8. The molecule has 1 aliphatic heterocycles. The average molecular weight is 504 g/mol. The van der Waals surface area contributed by atoms with Gasteiger partial charge in [0.2, 0.25) is 0 Å². The van der Waals surface area contributed by atoms with Crippen LogP contribution in [-0.4, -0.2) is 61.5 Å². The highest BCUT2D eigenvalue weighted by molar-refractivity contribution is 7.91. The Bertz CT molecular complexity index is 1210. The number of alkyl halides is 1. The molecule has 0 spiro atoms. The molecule has 1 aromatic carbocycles. The maximum Gasteiger partial charge on any atom is 0.345 e. The Morgan fingerprint density at radius 1 is 1.23 bits per heavy atom. The zero-order valence-corrected chi connectivity index (χ0v) is 21.0. The van der Waals surface area contributed by atoms with Crippen LogP contribution in [0.5, 0.6) is 0 Å². The molecule has 0 saturated carbocycles. The molecule has 2 unspecified atom stereocenters. The van der Waals surface area contributed by atoms with E-state index in [0.717, 1.165) is 59.6 Å². The molecule has 2 aliphatic carbocycles. The molecular weight excluding hydrogens is 471 g/mol. The van der Waals surface area contributed by atoms with Gasteiger partial charge in [-0.1, -0.05) is 6.07 Å². The van der Waals surface area contributed by atoms with Crippen LogP contribution in [0.4, 0.5) is 15.8 Å². The Kier molecular flexibility index (Phi) is 6.47. The van der Waals surface area contributed by atoms with Gasteiger partial charge in [-0.05, 0) is 80.7 Å². The number of fused-ring (bicyclic) bond motifs is 2. The number of nitrogens with one attached hydrogen (secondary N) is 1. The van der Waals surface area contributed by atoms with Crippen molar-refractivity contribution in [1.82, 2.24) is 14.7 Å². The van der Waals surface area contributed by atoms with Gasteiger partial charge in [-0.2, -0.15) is 13.5 Å². The lowest BCUT2D eigenvalue weighted by atomic mass is 9.99. The van der Waals surface area contributed by atoms with Crippen LogP contribution in [0.15, 0.2) is 22.9 Å². The summed E-state index contributed by atoms with van der Waals surface area (Å²) >= 11 is 0. The molecule has 0 bridgehead atoms. The second-order valence-electron chi connectivity index (χ2n) is 9.89. The van der Waals surface area contributed by atoms with Crippen LogP contribution in [0.25, 0.3) is 0 Å². The van der Waals surface area contributed by atoms with Crippen LogP contribution >= 0.6 is 0 Å². The van der Waals surface area contributed by atoms with Crippen molar-refractivity contribution in [3.05, 3.63) is 40.7 Å². The quantitative estimate of drug-likeness (QED) is 0.475. The molecule has 1 N–H and O–H groups in total. The van der Waals surface area contributed by atoms with E-state index in [1.54, 1.807) is 13.2 Å². The predicted molar refractivity (Wildman–Crippen MR) is 132 cm³/mol. The summed E-state index contributed by atoms with van der Waals surface area (Å²) in [6, 6.07) is 0.998. The van der Waals surface area contributed by atoms with Gasteiger partial charge < -0.3 is 15.3 Å². The number of nitrogens with zero attached hydrogens (tertiary/aromatic N) is 5. The fraction of sp³-hybridized carbons (Fsp3) is 0.583. The fourth-order valence-corrected chi connectivity index (χ4v) is 6.72. The van der Waals surface area contributed by atoms with Gasteiger partial charge in [0, 0.05) is 31.5 Å². The second kappa shape index (κ2) is 9.42. The van der Waals surface area contributed by atoms with Gasteiger partial charge in [0.1, 0.15) is 6.17 Å². The van der Waals surface area contributed by atoms with E-state index in [9.17, 15) is 17.9 Å². The van der Waals surface area contributed by atoms with Crippen molar-refractivity contribution in [2.24, 2.45) is 11.4 Å². The van der Waals surface area contributed by atoms with Crippen molar-refractivity contribution in [2.75, 3.05) is 29.8 Å². The average Bonchev–Trinajstić information content (AvgIpc) is 3.54. The lowest BCUT2D eigenvalue weighted by Gasteiger charge is -2.37. The first-order valence-electron chi connectivity index (χ1n) is 12.3. The minimum absolute atomic E-state index is 0.0160. The number of likely N-dealkylation sites (N-methyl/N-ethyl adjacent to an activating group) is 1. The van der Waals surface area contributed by atoms with Crippen LogP contribution in [0.1, 0.15) is 47.9 Å². The SMILES string of the molecule is CN1CCC(F)CC1CN(c1cnn(C)c1)S(=O)(=O)/N=C(\[O-])Nc1c2c(cc3c1CCC3)CCC2. The molecule has 35 heavy (non-hydrogen) atoms. The number of amidine groups is 1. The molecule has 1 aromatic heterocycles. The highest BCUT2D eigenvalue weighted by Crippen LogP contribution is 2.38. The van der Waals surface area contributed by atoms with Crippen LogP contribution in [0.3, 0.4) is 0 Å². The van der Waals surface area contributed by atoms with Gasteiger partial charge in [0.25, 0.3) is 0 Å². The number of hydrogen-bond donors (Lipinski definition) is 1. The number of likely N-dealkylation sites (tertiary alicyclic amines) is 1.